The Labute approximate surface area is 169 Å². The highest BCUT2D eigenvalue weighted by Crippen LogP contribution is 2.34. The van der Waals surface area contributed by atoms with Crippen LogP contribution in [0.5, 0.6) is 5.75 Å². The summed E-state index contributed by atoms with van der Waals surface area (Å²) in [4.78, 5) is 7.89. The average molecular weight is 393 g/mol. The first-order valence-electron chi connectivity index (χ1n) is 10.3. The monoisotopic (exact) mass is 392 g/mol. The molecule has 0 bridgehead atoms. The van der Waals surface area contributed by atoms with E-state index in [1.165, 1.54) is 62.6 Å². The van der Waals surface area contributed by atoms with Crippen LogP contribution in [0, 0.1) is 0 Å². The van der Waals surface area contributed by atoms with Gasteiger partial charge in [-0.1, -0.05) is 6.92 Å². The number of ether oxygens (including phenoxy) is 1. The zero-order valence-electron chi connectivity index (χ0n) is 17.2. The number of nitrogen functional groups attached to an aromatic ring is 1. The van der Waals surface area contributed by atoms with Crippen molar-refractivity contribution in [2.45, 2.75) is 32.2 Å². The summed E-state index contributed by atoms with van der Waals surface area (Å²) in [6.45, 7) is 10.6. The molecule has 0 aromatic heterocycles. The van der Waals surface area contributed by atoms with Crippen molar-refractivity contribution in [3.05, 3.63) is 17.7 Å². The van der Waals surface area contributed by atoms with Crippen LogP contribution in [0.15, 0.2) is 12.1 Å². The average Bonchev–Trinajstić information content (AvgIpc) is 2.72. The van der Waals surface area contributed by atoms with Gasteiger partial charge >= 0.3 is 0 Å². The molecule has 2 heterocycles. The van der Waals surface area contributed by atoms with Crippen LogP contribution in [-0.4, -0.2) is 80.8 Å². The van der Waals surface area contributed by atoms with Gasteiger partial charge in [0.25, 0.3) is 0 Å². The molecule has 1 aromatic carbocycles. The molecule has 2 aliphatic rings. The summed E-state index contributed by atoms with van der Waals surface area (Å²) < 4.78 is 5.46. The van der Waals surface area contributed by atoms with Gasteiger partial charge in [-0.2, -0.15) is 11.8 Å². The topological polar surface area (TPSA) is 45.0 Å². The van der Waals surface area contributed by atoms with Gasteiger partial charge in [-0.15, -0.1) is 0 Å². The summed E-state index contributed by atoms with van der Waals surface area (Å²) in [5, 5.41) is 0. The van der Waals surface area contributed by atoms with Crippen LogP contribution in [0.25, 0.3) is 0 Å². The Hall–Kier alpha value is -1.11. The van der Waals surface area contributed by atoms with Crippen LogP contribution in [0.3, 0.4) is 0 Å². The Morgan fingerprint density at radius 3 is 2.41 bits per heavy atom. The number of methoxy groups -OCH3 is 1. The Morgan fingerprint density at radius 1 is 1.11 bits per heavy atom. The lowest BCUT2D eigenvalue weighted by Crippen LogP contribution is -2.53. The number of piperazine rings is 1. The van der Waals surface area contributed by atoms with Crippen molar-refractivity contribution >= 4 is 23.1 Å². The van der Waals surface area contributed by atoms with E-state index in [1.807, 2.05) is 11.8 Å². The van der Waals surface area contributed by atoms with Crippen molar-refractivity contribution in [2.24, 2.45) is 0 Å². The third-order valence-corrected chi connectivity index (χ3v) is 6.74. The summed E-state index contributed by atoms with van der Waals surface area (Å²) >= 11 is 1.95. The molecule has 3 rings (SSSR count). The summed E-state index contributed by atoms with van der Waals surface area (Å²) in [5.74, 6) is 2.05. The molecule has 1 aromatic rings. The molecular formula is C21H36N4OS. The first-order chi connectivity index (χ1) is 13.2. The number of anilines is 2. The standard InChI is InChI=1S/C21H36N4OS/c1-4-17-15-19(22)21(26-2)16-20(17)25-7-5-18(6-8-25)24-11-9-23(10-12-24)13-14-27-3/h15-16,18H,4-14,22H2,1-3H3. The second-order valence-electron chi connectivity index (χ2n) is 7.67. The first-order valence-corrected chi connectivity index (χ1v) is 11.7. The largest absolute Gasteiger partial charge is 0.495 e. The zero-order valence-corrected chi connectivity index (χ0v) is 18.1. The lowest BCUT2D eigenvalue weighted by Gasteiger charge is -2.43. The summed E-state index contributed by atoms with van der Waals surface area (Å²) in [6.07, 6.45) is 5.70. The molecule has 0 atom stereocenters. The number of piperidine rings is 1. The van der Waals surface area contributed by atoms with E-state index in [9.17, 15) is 0 Å². The molecule has 2 aliphatic heterocycles. The number of aryl methyl sites for hydroxylation is 1. The maximum Gasteiger partial charge on any atom is 0.143 e. The molecule has 0 radical (unpaired) electrons. The molecule has 0 unspecified atom stereocenters. The third-order valence-electron chi connectivity index (χ3n) is 6.15. The lowest BCUT2D eigenvalue weighted by atomic mass is 9.99. The molecule has 2 fully saturated rings. The third kappa shape index (κ3) is 5.04. The Kier molecular flexibility index (Phi) is 7.56. The molecule has 152 valence electrons. The van der Waals surface area contributed by atoms with Crippen molar-refractivity contribution in [2.75, 3.05) is 75.6 Å². The number of thioether (sulfide) groups is 1. The van der Waals surface area contributed by atoms with E-state index in [0.29, 0.717) is 0 Å². The lowest BCUT2D eigenvalue weighted by molar-refractivity contribution is 0.0884. The summed E-state index contributed by atoms with van der Waals surface area (Å²) in [7, 11) is 1.70. The number of nitrogens with zero attached hydrogens (tertiary/aromatic N) is 3. The van der Waals surface area contributed by atoms with Crippen molar-refractivity contribution in [3.8, 4) is 5.75 Å². The molecule has 0 amide bonds. The van der Waals surface area contributed by atoms with E-state index in [1.54, 1.807) is 7.11 Å². The van der Waals surface area contributed by atoms with Crippen molar-refractivity contribution in [1.29, 1.82) is 0 Å². The van der Waals surface area contributed by atoms with Gasteiger partial charge in [-0.05, 0) is 37.1 Å². The smallest absolute Gasteiger partial charge is 0.143 e. The van der Waals surface area contributed by atoms with Gasteiger partial charge < -0.3 is 15.4 Å². The van der Waals surface area contributed by atoms with Gasteiger partial charge in [-0.3, -0.25) is 9.80 Å². The van der Waals surface area contributed by atoms with Gasteiger partial charge in [0.2, 0.25) is 0 Å². The van der Waals surface area contributed by atoms with E-state index in [0.717, 1.165) is 37.0 Å². The molecule has 6 heteroatoms. The fourth-order valence-corrected chi connectivity index (χ4v) is 4.87. The van der Waals surface area contributed by atoms with Gasteiger partial charge in [0.1, 0.15) is 5.75 Å². The minimum atomic E-state index is 0.740. The molecule has 2 N–H and O–H groups in total. The highest BCUT2D eigenvalue weighted by atomic mass is 32.2. The zero-order chi connectivity index (χ0) is 19.2. The van der Waals surface area contributed by atoms with Crippen LogP contribution in [0.2, 0.25) is 0 Å². The van der Waals surface area contributed by atoms with E-state index >= 15 is 0 Å². The van der Waals surface area contributed by atoms with Gasteiger partial charge in [0.05, 0.1) is 12.8 Å². The fraction of sp³-hybridized carbons (Fsp3) is 0.714. The Bertz CT molecular complexity index is 596. The molecule has 0 saturated carbocycles. The fourth-order valence-electron chi connectivity index (χ4n) is 4.43. The molecule has 2 saturated heterocycles. The van der Waals surface area contributed by atoms with Gasteiger partial charge in [-0.25, -0.2) is 0 Å². The molecule has 5 nitrogen and oxygen atoms in total. The normalized spacial score (nSPS) is 20.2. The highest BCUT2D eigenvalue weighted by molar-refractivity contribution is 7.98. The minimum absolute atomic E-state index is 0.740. The molecular weight excluding hydrogens is 356 g/mol. The second-order valence-corrected chi connectivity index (χ2v) is 8.65. The Morgan fingerprint density at radius 2 is 1.81 bits per heavy atom. The van der Waals surface area contributed by atoms with Crippen LogP contribution in [0.4, 0.5) is 11.4 Å². The first kappa shape index (κ1) is 20.6. The Balaban J connectivity index is 1.55. The summed E-state index contributed by atoms with van der Waals surface area (Å²) in [5.41, 5.74) is 9.49. The number of rotatable bonds is 7. The highest BCUT2D eigenvalue weighted by Gasteiger charge is 2.28. The number of hydrogen-bond acceptors (Lipinski definition) is 6. The SMILES string of the molecule is CCc1cc(N)c(OC)cc1N1CCC(N2CCN(CCSC)CC2)CC1. The van der Waals surface area contributed by atoms with E-state index in [4.69, 9.17) is 10.5 Å². The second kappa shape index (κ2) is 9.89. The van der Waals surface area contributed by atoms with Gasteiger partial charge in [0, 0.05) is 69.4 Å². The maximum absolute atomic E-state index is 6.11. The number of benzene rings is 1. The van der Waals surface area contributed by atoms with E-state index in [2.05, 4.69) is 40.0 Å². The predicted octanol–water partition coefficient (Wildman–Crippen LogP) is 2.79. The van der Waals surface area contributed by atoms with Crippen molar-refractivity contribution in [1.82, 2.24) is 9.80 Å². The number of nitrogens with two attached hydrogens (primary N) is 1. The van der Waals surface area contributed by atoms with Crippen molar-refractivity contribution in [3.63, 3.8) is 0 Å². The van der Waals surface area contributed by atoms with Crippen LogP contribution in [-0.2, 0) is 6.42 Å². The molecule has 27 heavy (non-hydrogen) atoms. The number of hydrogen-bond donors (Lipinski definition) is 1. The molecule has 0 aliphatic carbocycles. The van der Waals surface area contributed by atoms with Crippen LogP contribution < -0.4 is 15.4 Å². The van der Waals surface area contributed by atoms with E-state index < -0.39 is 0 Å². The molecule has 0 spiro atoms. The van der Waals surface area contributed by atoms with Crippen LogP contribution >= 0.6 is 11.8 Å². The maximum atomic E-state index is 6.11. The predicted molar refractivity (Wildman–Crippen MR) is 118 cm³/mol. The minimum Gasteiger partial charge on any atom is -0.495 e. The van der Waals surface area contributed by atoms with E-state index in [-0.39, 0.29) is 0 Å². The van der Waals surface area contributed by atoms with Crippen molar-refractivity contribution < 1.29 is 4.74 Å². The van der Waals surface area contributed by atoms with Gasteiger partial charge in [0.15, 0.2) is 0 Å². The quantitative estimate of drug-likeness (QED) is 0.720. The summed E-state index contributed by atoms with van der Waals surface area (Å²) in [6, 6.07) is 4.97. The van der Waals surface area contributed by atoms with Crippen LogP contribution in [0.1, 0.15) is 25.3 Å².